The van der Waals surface area contributed by atoms with Gasteiger partial charge in [-0.25, -0.2) is 14.0 Å². The zero-order valence-electron chi connectivity index (χ0n) is 12.5. The number of benzene rings is 1. The maximum Gasteiger partial charge on any atom is 0.490 e. The molecule has 3 N–H and O–H groups in total. The van der Waals surface area contributed by atoms with E-state index in [9.17, 15) is 22.4 Å². The SMILES string of the molecule is O=C(O)C(F)(F)F.O=C(O)c1n[nH]nc1-c1cc2cc(F)ccc2cn1. The molecule has 0 fully saturated rings. The second kappa shape index (κ2) is 7.13. The molecule has 1 aromatic carbocycles. The number of fused-ring (bicyclic) bond motifs is 1. The number of rotatable bonds is 2. The van der Waals surface area contributed by atoms with E-state index in [1.54, 1.807) is 12.1 Å². The van der Waals surface area contributed by atoms with Crippen LogP contribution < -0.4 is 0 Å². The van der Waals surface area contributed by atoms with Crippen molar-refractivity contribution < 1.29 is 37.4 Å². The fourth-order valence-electron chi connectivity index (χ4n) is 1.80. The number of nitrogens with zero attached hydrogens (tertiary/aromatic N) is 3. The number of nitrogens with one attached hydrogen (secondary N) is 1. The lowest BCUT2D eigenvalue weighted by Crippen LogP contribution is -2.21. The Balaban J connectivity index is 0.000000298. The molecule has 0 unspecified atom stereocenters. The summed E-state index contributed by atoms with van der Waals surface area (Å²) in [6.07, 6.45) is -3.55. The summed E-state index contributed by atoms with van der Waals surface area (Å²) in [5.74, 6) is -4.33. The van der Waals surface area contributed by atoms with E-state index in [4.69, 9.17) is 15.0 Å². The first-order chi connectivity index (χ1) is 12.1. The third kappa shape index (κ3) is 4.28. The molecule has 8 nitrogen and oxygen atoms in total. The molecule has 0 saturated carbocycles. The number of hydrogen-bond acceptors (Lipinski definition) is 5. The molecule has 0 spiro atoms. The minimum atomic E-state index is -5.08. The normalized spacial score (nSPS) is 10.9. The summed E-state index contributed by atoms with van der Waals surface area (Å²) in [7, 11) is 0. The highest BCUT2D eigenvalue weighted by atomic mass is 19.4. The summed E-state index contributed by atoms with van der Waals surface area (Å²) in [6.45, 7) is 0. The van der Waals surface area contributed by atoms with E-state index >= 15 is 0 Å². The molecule has 136 valence electrons. The van der Waals surface area contributed by atoms with Gasteiger partial charge in [-0.15, -0.1) is 5.10 Å². The third-order valence-corrected chi connectivity index (χ3v) is 2.92. The van der Waals surface area contributed by atoms with Crippen LogP contribution in [0.25, 0.3) is 22.2 Å². The number of carboxylic acid groups (broad SMARTS) is 2. The van der Waals surface area contributed by atoms with Crippen molar-refractivity contribution in [3.05, 3.63) is 42.0 Å². The number of aromatic nitrogens is 4. The van der Waals surface area contributed by atoms with Gasteiger partial charge in [0.15, 0.2) is 5.69 Å². The van der Waals surface area contributed by atoms with Gasteiger partial charge in [0.1, 0.15) is 11.5 Å². The Morgan fingerprint density at radius 3 is 2.27 bits per heavy atom. The molecule has 2 aromatic heterocycles. The van der Waals surface area contributed by atoms with E-state index in [1.807, 2.05) is 0 Å². The van der Waals surface area contributed by atoms with Gasteiger partial charge >= 0.3 is 18.1 Å². The van der Waals surface area contributed by atoms with Gasteiger partial charge in [-0.05, 0) is 29.7 Å². The van der Waals surface area contributed by atoms with Crippen LogP contribution in [0.2, 0.25) is 0 Å². The highest BCUT2D eigenvalue weighted by Crippen LogP contribution is 2.22. The van der Waals surface area contributed by atoms with Crippen molar-refractivity contribution in [3.63, 3.8) is 0 Å². The molecule has 0 aliphatic rings. The van der Waals surface area contributed by atoms with Crippen LogP contribution in [0.1, 0.15) is 10.5 Å². The molecule has 0 aliphatic carbocycles. The van der Waals surface area contributed by atoms with E-state index in [0.29, 0.717) is 11.1 Å². The molecule has 3 rings (SSSR count). The maximum atomic E-state index is 13.2. The van der Waals surface area contributed by atoms with E-state index < -0.39 is 18.1 Å². The second-order valence-electron chi connectivity index (χ2n) is 4.69. The molecule has 0 atom stereocenters. The van der Waals surface area contributed by atoms with Crippen LogP contribution in [0.4, 0.5) is 17.6 Å². The molecule has 0 amide bonds. The molecule has 0 saturated heterocycles. The zero-order valence-corrected chi connectivity index (χ0v) is 12.5. The Bertz CT molecular complexity index is 971. The molecular weight excluding hydrogens is 364 g/mol. The van der Waals surface area contributed by atoms with Crippen molar-refractivity contribution in [2.45, 2.75) is 6.18 Å². The van der Waals surface area contributed by atoms with Gasteiger partial charge in [0, 0.05) is 11.6 Å². The predicted octanol–water partition coefficient (Wildman–Crippen LogP) is 2.49. The maximum absolute atomic E-state index is 13.2. The molecular formula is C14H8F4N4O4. The van der Waals surface area contributed by atoms with Gasteiger partial charge in [0.05, 0.1) is 5.69 Å². The number of H-pyrrole nitrogens is 1. The lowest BCUT2D eigenvalue weighted by atomic mass is 10.1. The van der Waals surface area contributed by atoms with Crippen molar-refractivity contribution in [2.24, 2.45) is 0 Å². The Labute approximate surface area is 141 Å². The molecule has 0 aliphatic heterocycles. The number of carboxylic acids is 2. The van der Waals surface area contributed by atoms with Crippen LogP contribution in [0, 0.1) is 5.82 Å². The Morgan fingerprint density at radius 1 is 1.04 bits per heavy atom. The van der Waals surface area contributed by atoms with E-state index in [-0.39, 0.29) is 17.2 Å². The number of pyridine rings is 1. The van der Waals surface area contributed by atoms with Crippen LogP contribution in [-0.4, -0.2) is 48.7 Å². The van der Waals surface area contributed by atoms with Crippen molar-refractivity contribution in [1.82, 2.24) is 20.4 Å². The van der Waals surface area contributed by atoms with Gasteiger partial charge in [0.25, 0.3) is 0 Å². The standard InChI is InChI=1S/C12H7FN4O2.C2HF3O2/c13-8-2-1-6-5-14-9(4-7(6)3-8)10-11(12(18)19)16-17-15-10;3-2(4,5)1(6)7/h1-5H,(H,18,19)(H,15,16,17);(H,6,7). The van der Waals surface area contributed by atoms with Crippen LogP contribution in [-0.2, 0) is 4.79 Å². The first-order valence-corrected chi connectivity index (χ1v) is 6.59. The summed E-state index contributed by atoms with van der Waals surface area (Å²) >= 11 is 0. The molecule has 0 radical (unpaired) electrons. The summed E-state index contributed by atoms with van der Waals surface area (Å²) in [6, 6.07) is 5.86. The summed E-state index contributed by atoms with van der Waals surface area (Å²) < 4.78 is 44.9. The predicted molar refractivity (Wildman–Crippen MR) is 77.7 cm³/mol. The van der Waals surface area contributed by atoms with Gasteiger partial charge in [-0.2, -0.15) is 23.5 Å². The highest BCUT2D eigenvalue weighted by Gasteiger charge is 2.38. The average molecular weight is 372 g/mol. The number of aromatic amines is 1. The van der Waals surface area contributed by atoms with Gasteiger partial charge < -0.3 is 10.2 Å². The van der Waals surface area contributed by atoms with Crippen LogP contribution in [0.5, 0.6) is 0 Å². The van der Waals surface area contributed by atoms with Crippen molar-refractivity contribution in [3.8, 4) is 11.4 Å². The minimum Gasteiger partial charge on any atom is -0.476 e. The molecule has 2 heterocycles. The fourth-order valence-corrected chi connectivity index (χ4v) is 1.80. The molecule has 26 heavy (non-hydrogen) atoms. The number of alkyl halides is 3. The number of aromatic carboxylic acids is 1. The highest BCUT2D eigenvalue weighted by molar-refractivity contribution is 5.93. The second-order valence-corrected chi connectivity index (χ2v) is 4.69. The number of carbonyl (C=O) groups is 2. The van der Waals surface area contributed by atoms with Crippen molar-refractivity contribution >= 4 is 22.7 Å². The van der Waals surface area contributed by atoms with Crippen LogP contribution in [0.15, 0.2) is 30.5 Å². The van der Waals surface area contributed by atoms with Crippen molar-refractivity contribution in [2.75, 3.05) is 0 Å². The largest absolute Gasteiger partial charge is 0.490 e. The Kier molecular flexibility index (Phi) is 5.14. The molecule has 0 bridgehead atoms. The topological polar surface area (TPSA) is 129 Å². The Morgan fingerprint density at radius 2 is 1.69 bits per heavy atom. The molecule has 12 heteroatoms. The smallest absolute Gasteiger partial charge is 0.476 e. The fraction of sp³-hybridized carbons (Fsp3) is 0.0714. The first kappa shape index (κ1) is 18.8. The lowest BCUT2D eigenvalue weighted by Gasteiger charge is -2.01. The number of aliphatic carboxylic acids is 1. The van der Waals surface area contributed by atoms with E-state index in [2.05, 4.69) is 20.4 Å². The van der Waals surface area contributed by atoms with Gasteiger partial charge in [-0.3, -0.25) is 4.98 Å². The first-order valence-electron chi connectivity index (χ1n) is 6.59. The number of halogens is 4. The quantitative estimate of drug-likeness (QED) is 0.589. The summed E-state index contributed by atoms with van der Waals surface area (Å²) in [4.78, 5) is 24.0. The summed E-state index contributed by atoms with van der Waals surface area (Å²) in [5.41, 5.74) is 0.228. The average Bonchev–Trinajstić information content (AvgIpc) is 3.03. The van der Waals surface area contributed by atoms with Crippen molar-refractivity contribution in [1.29, 1.82) is 0 Å². The third-order valence-electron chi connectivity index (χ3n) is 2.92. The van der Waals surface area contributed by atoms with Crippen LogP contribution >= 0.6 is 0 Å². The van der Waals surface area contributed by atoms with Crippen LogP contribution in [0.3, 0.4) is 0 Å². The monoisotopic (exact) mass is 372 g/mol. The zero-order chi connectivity index (χ0) is 19.5. The Hall–Kier alpha value is -3.57. The van der Waals surface area contributed by atoms with E-state index in [1.165, 1.54) is 18.3 Å². The number of hydrogen-bond donors (Lipinski definition) is 3. The minimum absolute atomic E-state index is 0.124. The lowest BCUT2D eigenvalue weighted by molar-refractivity contribution is -0.192. The van der Waals surface area contributed by atoms with Gasteiger partial charge in [0.2, 0.25) is 0 Å². The van der Waals surface area contributed by atoms with E-state index in [0.717, 1.165) is 5.39 Å². The summed E-state index contributed by atoms with van der Waals surface area (Å²) in [5, 5.41) is 27.0. The van der Waals surface area contributed by atoms with Gasteiger partial charge in [-0.1, -0.05) is 0 Å². The molecule has 3 aromatic rings.